The molecule has 1 heterocycles. The largest absolute Gasteiger partial charge is 0.374 e. The molecule has 0 aromatic carbocycles. The quantitative estimate of drug-likeness (QED) is 0.694. The Labute approximate surface area is 80.8 Å². The van der Waals surface area contributed by atoms with E-state index in [-0.39, 0.29) is 0 Å². The highest BCUT2D eigenvalue weighted by Gasteiger charge is 2.08. The van der Waals surface area contributed by atoms with Crippen LogP contribution in [0.25, 0.3) is 0 Å². The van der Waals surface area contributed by atoms with Crippen molar-refractivity contribution < 1.29 is 0 Å². The summed E-state index contributed by atoms with van der Waals surface area (Å²) in [5.41, 5.74) is 6.80. The first kappa shape index (κ1) is 10.3. The third-order valence-electron chi connectivity index (χ3n) is 2.24. The molecule has 0 aliphatic rings. The van der Waals surface area contributed by atoms with Gasteiger partial charge < -0.3 is 5.64 Å². The Morgan fingerprint density at radius 3 is 2.69 bits per heavy atom. The van der Waals surface area contributed by atoms with Crippen LogP contribution in [-0.2, 0) is 0 Å². The summed E-state index contributed by atoms with van der Waals surface area (Å²) in [6, 6.07) is 4.15. The molecule has 1 aromatic rings. The van der Waals surface area contributed by atoms with Gasteiger partial charge in [-0.25, -0.2) is 0 Å². The Bertz CT molecular complexity index is 220. The first-order valence-electron chi connectivity index (χ1n) is 4.81. The Morgan fingerprint density at radius 1 is 1.46 bits per heavy atom. The molecule has 1 unspecified atom stereocenters. The zero-order valence-electron chi connectivity index (χ0n) is 8.11. The maximum Gasteiger partial charge on any atom is 0.202 e. The highest BCUT2D eigenvalue weighted by molar-refractivity contribution is 6.31. The van der Waals surface area contributed by atoms with E-state index in [2.05, 4.69) is 24.0 Å². The van der Waals surface area contributed by atoms with Crippen LogP contribution in [0.5, 0.6) is 0 Å². The summed E-state index contributed by atoms with van der Waals surface area (Å²) in [5, 5.41) is 0. The van der Waals surface area contributed by atoms with Crippen molar-refractivity contribution in [2.45, 2.75) is 32.0 Å². The molecule has 1 radical (unpaired) electrons. The minimum Gasteiger partial charge on any atom is -0.374 e. The fraction of sp³-hybridized carbons (Fsp3) is 0.500. The summed E-state index contributed by atoms with van der Waals surface area (Å²) >= 11 is 0. The van der Waals surface area contributed by atoms with E-state index in [0.29, 0.717) is 5.92 Å². The molecule has 0 amide bonds. The second-order valence-corrected chi connectivity index (χ2v) is 3.24. The van der Waals surface area contributed by atoms with E-state index in [0.717, 1.165) is 6.32 Å². The second kappa shape index (κ2) is 5.76. The van der Waals surface area contributed by atoms with Crippen LogP contribution in [0.2, 0.25) is 6.32 Å². The molecule has 1 aromatic heterocycles. The minimum absolute atomic E-state index is 0.568. The molecule has 0 bridgehead atoms. The summed E-state index contributed by atoms with van der Waals surface area (Å²) in [7, 11) is 1.75. The van der Waals surface area contributed by atoms with Crippen molar-refractivity contribution in [3.63, 3.8) is 0 Å². The molecule has 0 saturated heterocycles. The van der Waals surface area contributed by atoms with Gasteiger partial charge in [0.05, 0.1) is 0 Å². The lowest BCUT2D eigenvalue weighted by molar-refractivity contribution is 0.661. The number of rotatable bonds is 5. The van der Waals surface area contributed by atoms with Crippen LogP contribution in [-0.4, -0.2) is 12.4 Å². The smallest absolute Gasteiger partial charge is 0.202 e. The third kappa shape index (κ3) is 3.19. The molecule has 3 heteroatoms. The second-order valence-electron chi connectivity index (χ2n) is 3.24. The van der Waals surface area contributed by atoms with Crippen LogP contribution < -0.4 is 5.64 Å². The summed E-state index contributed by atoms with van der Waals surface area (Å²) < 4.78 is 0. The maximum atomic E-state index is 5.46. The van der Waals surface area contributed by atoms with E-state index in [1.54, 1.807) is 7.41 Å². The van der Waals surface area contributed by atoms with Crippen molar-refractivity contribution >= 4 is 7.41 Å². The van der Waals surface area contributed by atoms with Gasteiger partial charge in [-0.2, -0.15) is 0 Å². The lowest BCUT2D eigenvalue weighted by atomic mass is 9.77. The molecular weight excluding hydrogens is 159 g/mol. The standard InChI is InChI=1S/C10H16BN2/c1-2-3-10(8-11-12)9-4-6-13-7-5-9/h4-7,10H,2-3,8,12H2,1H3. The minimum atomic E-state index is 0.568. The SMILES string of the molecule is CCCC(C[B]N)c1ccncc1. The summed E-state index contributed by atoms with van der Waals surface area (Å²) in [4.78, 5) is 4.01. The summed E-state index contributed by atoms with van der Waals surface area (Å²) in [6.07, 6.45) is 7.03. The normalized spacial score (nSPS) is 12.5. The Kier molecular flexibility index (Phi) is 4.54. The molecule has 0 fully saturated rings. The van der Waals surface area contributed by atoms with Gasteiger partial charge in [0.15, 0.2) is 0 Å². The van der Waals surface area contributed by atoms with Gasteiger partial charge in [0.25, 0.3) is 0 Å². The van der Waals surface area contributed by atoms with Crippen LogP contribution >= 0.6 is 0 Å². The van der Waals surface area contributed by atoms with Crippen LogP contribution in [0.15, 0.2) is 24.5 Å². The highest BCUT2D eigenvalue weighted by atomic mass is 14.6. The van der Waals surface area contributed by atoms with E-state index < -0.39 is 0 Å². The van der Waals surface area contributed by atoms with Gasteiger partial charge in [-0.1, -0.05) is 19.7 Å². The Hall–Kier alpha value is -0.825. The number of nitrogens with zero attached hydrogens (tertiary/aromatic N) is 1. The van der Waals surface area contributed by atoms with Crippen molar-refractivity contribution in [2.24, 2.45) is 5.64 Å². The first-order valence-corrected chi connectivity index (χ1v) is 4.81. The molecule has 0 aliphatic carbocycles. The molecule has 2 N–H and O–H groups in total. The molecule has 2 nitrogen and oxygen atoms in total. The molecule has 1 atom stereocenters. The summed E-state index contributed by atoms with van der Waals surface area (Å²) in [5.74, 6) is 0.568. The van der Waals surface area contributed by atoms with E-state index >= 15 is 0 Å². The molecule has 69 valence electrons. The average Bonchev–Trinajstić information content (AvgIpc) is 2.19. The number of pyridine rings is 1. The number of hydrogen-bond donors (Lipinski definition) is 1. The fourth-order valence-electron chi connectivity index (χ4n) is 1.57. The molecule has 0 saturated carbocycles. The van der Waals surface area contributed by atoms with E-state index in [4.69, 9.17) is 5.64 Å². The lowest BCUT2D eigenvalue weighted by Crippen LogP contribution is -2.10. The summed E-state index contributed by atoms with van der Waals surface area (Å²) in [6.45, 7) is 2.20. The number of nitrogens with two attached hydrogens (primary N) is 1. The van der Waals surface area contributed by atoms with Crippen molar-refractivity contribution in [1.82, 2.24) is 4.98 Å². The number of hydrogen-bond acceptors (Lipinski definition) is 2. The number of aromatic nitrogens is 1. The van der Waals surface area contributed by atoms with Gasteiger partial charge in [-0.05, 0) is 30.0 Å². The van der Waals surface area contributed by atoms with Gasteiger partial charge in [0.1, 0.15) is 0 Å². The average molecular weight is 175 g/mol. The van der Waals surface area contributed by atoms with Crippen molar-refractivity contribution in [2.75, 3.05) is 0 Å². The lowest BCUT2D eigenvalue weighted by Gasteiger charge is -2.14. The van der Waals surface area contributed by atoms with Gasteiger partial charge >= 0.3 is 0 Å². The van der Waals surface area contributed by atoms with Gasteiger partial charge in [-0.3, -0.25) is 4.98 Å². The van der Waals surface area contributed by atoms with E-state index in [9.17, 15) is 0 Å². The van der Waals surface area contributed by atoms with Crippen LogP contribution in [0, 0.1) is 0 Å². The molecule has 13 heavy (non-hydrogen) atoms. The first-order chi connectivity index (χ1) is 6.38. The maximum absolute atomic E-state index is 5.46. The van der Waals surface area contributed by atoms with Crippen molar-refractivity contribution in [3.05, 3.63) is 30.1 Å². The van der Waals surface area contributed by atoms with Crippen molar-refractivity contribution in [1.29, 1.82) is 0 Å². The van der Waals surface area contributed by atoms with Gasteiger partial charge in [0, 0.05) is 12.4 Å². The third-order valence-corrected chi connectivity index (χ3v) is 2.24. The highest BCUT2D eigenvalue weighted by Crippen LogP contribution is 2.23. The van der Waals surface area contributed by atoms with Crippen LogP contribution in [0.3, 0.4) is 0 Å². The molecule has 0 aliphatic heterocycles. The van der Waals surface area contributed by atoms with E-state index in [1.165, 1.54) is 18.4 Å². The Balaban J connectivity index is 2.64. The zero-order valence-corrected chi connectivity index (χ0v) is 8.11. The van der Waals surface area contributed by atoms with Crippen LogP contribution in [0.4, 0.5) is 0 Å². The van der Waals surface area contributed by atoms with Crippen LogP contribution in [0.1, 0.15) is 31.2 Å². The van der Waals surface area contributed by atoms with E-state index in [1.807, 2.05) is 12.4 Å². The zero-order chi connectivity index (χ0) is 9.52. The molecular formula is C10H16BN2. The predicted molar refractivity (Wildman–Crippen MR) is 56.6 cm³/mol. The predicted octanol–water partition coefficient (Wildman–Crippen LogP) is 1.96. The monoisotopic (exact) mass is 175 g/mol. The fourth-order valence-corrected chi connectivity index (χ4v) is 1.57. The van der Waals surface area contributed by atoms with Crippen molar-refractivity contribution in [3.8, 4) is 0 Å². The van der Waals surface area contributed by atoms with Gasteiger partial charge in [0.2, 0.25) is 7.41 Å². The van der Waals surface area contributed by atoms with Gasteiger partial charge in [-0.15, -0.1) is 0 Å². The molecule has 0 spiro atoms. The molecule has 1 rings (SSSR count). The Morgan fingerprint density at radius 2 is 2.15 bits per heavy atom. The topological polar surface area (TPSA) is 38.9 Å².